The molecule has 4 heteroatoms. The zero-order valence-electron chi connectivity index (χ0n) is 14.4. The summed E-state index contributed by atoms with van der Waals surface area (Å²) >= 11 is -2.12. The molecule has 4 rings (SSSR count). The Hall–Kier alpha value is -0.710. The van der Waals surface area contributed by atoms with Crippen molar-refractivity contribution in [3.63, 3.8) is 0 Å². The van der Waals surface area contributed by atoms with Gasteiger partial charge < -0.3 is 9.45 Å². The summed E-state index contributed by atoms with van der Waals surface area (Å²) in [5.74, 6) is 0.513. The van der Waals surface area contributed by atoms with Crippen LogP contribution in [-0.4, -0.2) is 32.8 Å². The summed E-state index contributed by atoms with van der Waals surface area (Å²) in [4.78, 5) is 3.16. The highest BCUT2D eigenvalue weighted by molar-refractivity contribution is 7.79. The minimum atomic E-state index is -2.12. The third kappa shape index (κ3) is 3.33. The van der Waals surface area contributed by atoms with E-state index in [9.17, 15) is 8.76 Å². The van der Waals surface area contributed by atoms with Gasteiger partial charge in [0.1, 0.15) is 0 Å². The molecule has 3 nitrogen and oxygen atoms in total. The van der Waals surface area contributed by atoms with Crippen molar-refractivity contribution < 1.29 is 8.76 Å². The first-order valence-corrected chi connectivity index (χ1v) is 10.7. The number of hydrogen-bond acceptors (Lipinski definition) is 3. The number of likely N-dealkylation sites (tertiary alicyclic amines) is 1. The molecule has 132 valence electrons. The van der Waals surface area contributed by atoms with Crippen LogP contribution in [0.4, 0.5) is 0 Å². The molecular formula is C20H28NO2S-. The van der Waals surface area contributed by atoms with Gasteiger partial charge in [-0.25, -0.2) is 0 Å². The van der Waals surface area contributed by atoms with Crippen LogP contribution in [-0.2, 0) is 11.1 Å². The number of rotatable bonds is 3. The van der Waals surface area contributed by atoms with Crippen LogP contribution >= 0.6 is 0 Å². The first kappa shape index (κ1) is 16.7. The van der Waals surface area contributed by atoms with E-state index in [1.807, 2.05) is 12.1 Å². The van der Waals surface area contributed by atoms with Gasteiger partial charge in [0.25, 0.3) is 0 Å². The summed E-state index contributed by atoms with van der Waals surface area (Å²) in [6.45, 7) is 2.40. The van der Waals surface area contributed by atoms with Crippen LogP contribution in [0.3, 0.4) is 0 Å². The summed E-state index contributed by atoms with van der Waals surface area (Å²) in [5, 5.41) is 0. The monoisotopic (exact) mass is 346 g/mol. The fourth-order valence-electron chi connectivity index (χ4n) is 5.42. The Morgan fingerprint density at radius 2 is 1.88 bits per heavy atom. The molecule has 1 heterocycles. The van der Waals surface area contributed by atoms with Crippen molar-refractivity contribution in [3.05, 3.63) is 29.8 Å². The number of benzene rings is 1. The van der Waals surface area contributed by atoms with Gasteiger partial charge in [-0.1, -0.05) is 25.0 Å². The maximum absolute atomic E-state index is 11.2. The molecule has 0 amide bonds. The first-order valence-electron chi connectivity index (χ1n) is 9.59. The molecule has 0 N–H and O–H groups in total. The van der Waals surface area contributed by atoms with Crippen LogP contribution in [0, 0.1) is 5.41 Å². The van der Waals surface area contributed by atoms with Gasteiger partial charge in [0.2, 0.25) is 0 Å². The van der Waals surface area contributed by atoms with E-state index in [1.54, 1.807) is 6.07 Å². The van der Waals surface area contributed by atoms with Crippen molar-refractivity contribution in [3.8, 4) is 0 Å². The predicted octanol–water partition coefficient (Wildman–Crippen LogP) is 4.22. The normalized spacial score (nSPS) is 29.3. The maximum atomic E-state index is 11.2. The zero-order chi connectivity index (χ0) is 16.6. The smallest absolute Gasteiger partial charge is 0.0251 e. The third-order valence-electron chi connectivity index (χ3n) is 6.80. The fourth-order valence-corrected chi connectivity index (χ4v) is 5.84. The van der Waals surface area contributed by atoms with E-state index in [-0.39, 0.29) is 0 Å². The Bertz CT molecular complexity index is 603. The van der Waals surface area contributed by atoms with Gasteiger partial charge in [0.15, 0.2) is 0 Å². The highest BCUT2D eigenvalue weighted by atomic mass is 32.2. The molecule has 1 aliphatic heterocycles. The summed E-state index contributed by atoms with van der Waals surface area (Å²) in [6, 6.07) is 8.37. The molecule has 2 aliphatic carbocycles. The minimum absolute atomic E-state index is 0.427. The van der Waals surface area contributed by atoms with E-state index in [4.69, 9.17) is 0 Å². The van der Waals surface area contributed by atoms with Crippen molar-refractivity contribution in [1.82, 2.24) is 4.90 Å². The lowest BCUT2D eigenvalue weighted by atomic mass is 9.64. The highest BCUT2D eigenvalue weighted by Crippen LogP contribution is 2.54. The molecule has 2 saturated carbocycles. The van der Waals surface area contributed by atoms with E-state index in [0.717, 1.165) is 11.5 Å². The Balaban J connectivity index is 1.36. The average molecular weight is 347 g/mol. The summed E-state index contributed by atoms with van der Waals surface area (Å²) in [5.41, 5.74) is 1.93. The molecule has 1 aromatic carbocycles. The Morgan fingerprint density at radius 3 is 2.62 bits per heavy atom. The summed E-state index contributed by atoms with van der Waals surface area (Å²) in [7, 11) is 0. The van der Waals surface area contributed by atoms with Crippen molar-refractivity contribution in [1.29, 1.82) is 0 Å². The van der Waals surface area contributed by atoms with E-state index in [2.05, 4.69) is 11.0 Å². The predicted molar refractivity (Wildman–Crippen MR) is 95.7 cm³/mol. The second-order valence-corrected chi connectivity index (χ2v) is 9.18. The molecule has 0 bridgehead atoms. The molecule has 0 aromatic heterocycles. The van der Waals surface area contributed by atoms with Crippen molar-refractivity contribution in [2.24, 2.45) is 5.41 Å². The van der Waals surface area contributed by atoms with Crippen LogP contribution in [0.25, 0.3) is 0 Å². The zero-order valence-corrected chi connectivity index (χ0v) is 15.2. The van der Waals surface area contributed by atoms with Crippen LogP contribution in [0.5, 0.6) is 0 Å². The molecule has 1 aromatic rings. The lowest BCUT2D eigenvalue weighted by Gasteiger charge is -2.50. The lowest BCUT2D eigenvalue weighted by Crippen LogP contribution is -2.50. The fraction of sp³-hybridized carbons (Fsp3) is 0.700. The molecule has 3 fully saturated rings. The molecule has 2 atom stereocenters. The average Bonchev–Trinajstić information content (AvgIpc) is 2.93. The molecule has 24 heavy (non-hydrogen) atoms. The van der Waals surface area contributed by atoms with Gasteiger partial charge in [-0.3, -0.25) is 4.21 Å². The molecule has 2 unspecified atom stereocenters. The van der Waals surface area contributed by atoms with E-state index in [0.29, 0.717) is 10.8 Å². The number of hydrogen-bond donors (Lipinski definition) is 0. The van der Waals surface area contributed by atoms with Crippen LogP contribution < -0.4 is 0 Å². The lowest BCUT2D eigenvalue weighted by molar-refractivity contribution is 0.00642. The first-order chi connectivity index (χ1) is 11.7. The Morgan fingerprint density at radius 1 is 1.08 bits per heavy atom. The quantitative estimate of drug-likeness (QED) is 0.770. The highest BCUT2D eigenvalue weighted by Gasteiger charge is 2.47. The van der Waals surface area contributed by atoms with Gasteiger partial charge in [0.05, 0.1) is 0 Å². The molecule has 0 radical (unpaired) electrons. The Kier molecular flexibility index (Phi) is 4.81. The summed E-state index contributed by atoms with van der Waals surface area (Å²) < 4.78 is 22.4. The number of nitrogens with zero attached hydrogens (tertiary/aromatic N) is 1. The van der Waals surface area contributed by atoms with E-state index in [1.165, 1.54) is 76.4 Å². The topological polar surface area (TPSA) is 43.4 Å². The molecule has 3 aliphatic rings. The molecular weight excluding hydrogens is 318 g/mol. The molecule has 1 spiro atoms. The molecule has 1 saturated heterocycles. The third-order valence-corrected chi connectivity index (χ3v) is 7.44. The maximum Gasteiger partial charge on any atom is 0.0251 e. The van der Waals surface area contributed by atoms with E-state index >= 15 is 0 Å². The van der Waals surface area contributed by atoms with Crippen LogP contribution in [0.15, 0.2) is 29.2 Å². The van der Waals surface area contributed by atoms with Crippen molar-refractivity contribution in [2.75, 3.05) is 13.1 Å². The van der Waals surface area contributed by atoms with E-state index < -0.39 is 11.1 Å². The van der Waals surface area contributed by atoms with Crippen molar-refractivity contribution in [2.45, 2.75) is 74.6 Å². The van der Waals surface area contributed by atoms with Gasteiger partial charge in [-0.15, -0.1) is 0 Å². The minimum Gasteiger partial charge on any atom is -0.768 e. The Labute approximate surface area is 148 Å². The van der Waals surface area contributed by atoms with Gasteiger partial charge in [-0.05, 0) is 98.1 Å². The van der Waals surface area contributed by atoms with Gasteiger partial charge in [-0.2, -0.15) is 0 Å². The second kappa shape index (κ2) is 6.89. The summed E-state index contributed by atoms with van der Waals surface area (Å²) in [6.07, 6.45) is 12.3. The largest absolute Gasteiger partial charge is 0.768 e. The SMILES string of the molecule is O=S([O-])c1cccc(C2CCCN(C3CC4(CCCC4)C3)CC2)c1. The van der Waals surface area contributed by atoms with Gasteiger partial charge in [0, 0.05) is 10.9 Å². The standard InChI is InChI=1S/C20H29NO2S/c22-24(23)19-7-3-5-17(13-19)16-6-4-11-21(12-8-16)18-14-20(15-18)9-1-2-10-20/h3,5,7,13,16,18H,1-2,4,6,8-12,14-15H2,(H,22,23)/p-1. The van der Waals surface area contributed by atoms with Gasteiger partial charge >= 0.3 is 0 Å². The van der Waals surface area contributed by atoms with Crippen LogP contribution in [0.2, 0.25) is 0 Å². The van der Waals surface area contributed by atoms with Crippen LogP contribution in [0.1, 0.15) is 69.3 Å². The second-order valence-electron chi connectivity index (χ2n) is 8.24. The van der Waals surface area contributed by atoms with Crippen molar-refractivity contribution >= 4 is 11.1 Å².